The number of anilines is 1. The summed E-state index contributed by atoms with van der Waals surface area (Å²) < 4.78 is 27.7. The van der Waals surface area contributed by atoms with Crippen molar-refractivity contribution in [1.29, 1.82) is 5.26 Å². The lowest BCUT2D eigenvalue weighted by atomic mass is 9.98. The SMILES string of the molecule is N#CC1(c2ccc(NC(=O)CCc3ccc(S(=O)(=O)NCCc4ccccc4)cc3)cc2)CC1. The number of hydrogen-bond donors (Lipinski definition) is 2. The van der Waals surface area contributed by atoms with Gasteiger partial charge in [0.15, 0.2) is 0 Å². The zero-order chi connectivity index (χ0) is 24.0. The van der Waals surface area contributed by atoms with Crippen LogP contribution in [0, 0.1) is 11.3 Å². The van der Waals surface area contributed by atoms with Gasteiger partial charge in [0.05, 0.1) is 16.4 Å². The summed E-state index contributed by atoms with van der Waals surface area (Å²) in [7, 11) is -3.58. The highest BCUT2D eigenvalue weighted by Crippen LogP contribution is 2.47. The molecule has 1 aliphatic carbocycles. The molecule has 0 heterocycles. The summed E-state index contributed by atoms with van der Waals surface area (Å²) in [5.41, 5.74) is 3.32. The van der Waals surface area contributed by atoms with Crippen LogP contribution in [-0.2, 0) is 33.1 Å². The first kappa shape index (κ1) is 23.7. The summed E-state index contributed by atoms with van der Waals surface area (Å²) in [4.78, 5) is 12.5. The summed E-state index contributed by atoms with van der Waals surface area (Å²) >= 11 is 0. The second kappa shape index (κ2) is 10.2. The molecule has 174 valence electrons. The maximum atomic E-state index is 12.5. The van der Waals surface area contributed by atoms with E-state index in [9.17, 15) is 18.5 Å². The Morgan fingerprint density at radius 2 is 1.53 bits per heavy atom. The van der Waals surface area contributed by atoms with Gasteiger partial charge in [0, 0.05) is 18.7 Å². The van der Waals surface area contributed by atoms with Crippen LogP contribution in [0.5, 0.6) is 0 Å². The Hall–Kier alpha value is -3.47. The van der Waals surface area contributed by atoms with E-state index in [1.54, 1.807) is 24.3 Å². The minimum atomic E-state index is -3.58. The van der Waals surface area contributed by atoms with Crippen LogP contribution in [0.1, 0.15) is 36.0 Å². The second-order valence-electron chi connectivity index (χ2n) is 8.60. The number of nitrogens with zero attached hydrogens (tertiary/aromatic N) is 1. The summed E-state index contributed by atoms with van der Waals surface area (Å²) in [6.07, 6.45) is 3.18. The van der Waals surface area contributed by atoms with E-state index >= 15 is 0 Å². The van der Waals surface area contributed by atoms with Crippen LogP contribution in [0.3, 0.4) is 0 Å². The molecule has 0 radical (unpaired) electrons. The number of benzene rings is 3. The van der Waals surface area contributed by atoms with Gasteiger partial charge in [0.2, 0.25) is 15.9 Å². The number of hydrogen-bond acceptors (Lipinski definition) is 4. The number of amides is 1. The second-order valence-corrected chi connectivity index (χ2v) is 10.4. The molecular weight excluding hydrogens is 446 g/mol. The fourth-order valence-corrected chi connectivity index (χ4v) is 4.87. The molecule has 0 spiro atoms. The fraction of sp³-hybridized carbons (Fsp3) is 0.259. The summed E-state index contributed by atoms with van der Waals surface area (Å²) in [6.45, 7) is 0.326. The molecule has 0 unspecified atom stereocenters. The van der Waals surface area contributed by atoms with E-state index in [0.717, 1.165) is 29.5 Å². The Bertz CT molecular complexity index is 1280. The first-order chi connectivity index (χ1) is 16.4. The smallest absolute Gasteiger partial charge is 0.240 e. The van der Waals surface area contributed by atoms with Crippen molar-refractivity contribution >= 4 is 21.6 Å². The third kappa shape index (κ3) is 5.90. The van der Waals surface area contributed by atoms with E-state index in [2.05, 4.69) is 16.1 Å². The van der Waals surface area contributed by atoms with Crippen molar-refractivity contribution in [2.24, 2.45) is 0 Å². The van der Waals surface area contributed by atoms with Crippen molar-refractivity contribution in [3.05, 3.63) is 95.6 Å². The molecule has 3 aromatic carbocycles. The van der Waals surface area contributed by atoms with Gasteiger partial charge in [-0.25, -0.2) is 13.1 Å². The van der Waals surface area contributed by atoms with Crippen molar-refractivity contribution in [3.63, 3.8) is 0 Å². The van der Waals surface area contributed by atoms with Crippen LogP contribution in [-0.4, -0.2) is 20.9 Å². The number of nitriles is 1. The van der Waals surface area contributed by atoms with Crippen molar-refractivity contribution in [1.82, 2.24) is 4.72 Å². The molecule has 4 rings (SSSR count). The van der Waals surface area contributed by atoms with Crippen LogP contribution in [0.4, 0.5) is 5.69 Å². The zero-order valence-electron chi connectivity index (χ0n) is 18.8. The molecule has 34 heavy (non-hydrogen) atoms. The topological polar surface area (TPSA) is 99.1 Å². The maximum Gasteiger partial charge on any atom is 0.240 e. The normalized spacial score (nSPS) is 14.2. The molecule has 0 saturated heterocycles. The van der Waals surface area contributed by atoms with Crippen LogP contribution >= 0.6 is 0 Å². The predicted octanol–water partition coefficient (Wildman–Crippen LogP) is 4.33. The number of aryl methyl sites for hydroxylation is 1. The minimum absolute atomic E-state index is 0.117. The van der Waals surface area contributed by atoms with Crippen molar-refractivity contribution < 1.29 is 13.2 Å². The monoisotopic (exact) mass is 473 g/mol. The lowest BCUT2D eigenvalue weighted by molar-refractivity contribution is -0.116. The van der Waals surface area contributed by atoms with Gasteiger partial charge in [-0.15, -0.1) is 0 Å². The number of sulfonamides is 1. The number of carbonyl (C=O) groups is 1. The van der Waals surface area contributed by atoms with Gasteiger partial charge in [0.25, 0.3) is 0 Å². The molecule has 1 amide bonds. The van der Waals surface area contributed by atoms with E-state index in [-0.39, 0.29) is 22.6 Å². The third-order valence-electron chi connectivity index (χ3n) is 6.11. The van der Waals surface area contributed by atoms with Crippen LogP contribution in [0.2, 0.25) is 0 Å². The number of carbonyl (C=O) groups excluding carboxylic acids is 1. The molecule has 6 nitrogen and oxygen atoms in total. The highest BCUT2D eigenvalue weighted by atomic mass is 32.2. The standard InChI is InChI=1S/C27H27N3O3S/c28-20-27(17-18-27)23-9-11-24(12-10-23)30-26(31)15-8-22-6-13-25(14-7-22)34(32,33)29-19-16-21-4-2-1-3-5-21/h1-7,9-14,29H,8,15-19H2,(H,30,31). The summed E-state index contributed by atoms with van der Waals surface area (Å²) in [6, 6.07) is 26.2. The van der Waals surface area contributed by atoms with Gasteiger partial charge in [0.1, 0.15) is 0 Å². The van der Waals surface area contributed by atoms with Gasteiger partial charge in [-0.3, -0.25) is 4.79 Å². The van der Waals surface area contributed by atoms with Crippen LogP contribution in [0.25, 0.3) is 0 Å². The summed E-state index contributed by atoms with van der Waals surface area (Å²) in [5.74, 6) is -0.117. The molecule has 1 saturated carbocycles. The predicted molar refractivity (Wildman–Crippen MR) is 132 cm³/mol. The molecule has 1 fully saturated rings. The van der Waals surface area contributed by atoms with Gasteiger partial charge >= 0.3 is 0 Å². The molecule has 0 atom stereocenters. The van der Waals surface area contributed by atoms with E-state index in [1.807, 2.05) is 54.6 Å². The number of nitrogens with one attached hydrogen (secondary N) is 2. The van der Waals surface area contributed by atoms with E-state index in [4.69, 9.17) is 0 Å². The first-order valence-electron chi connectivity index (χ1n) is 11.3. The van der Waals surface area contributed by atoms with Gasteiger partial charge in [-0.05, 0) is 66.6 Å². The Balaban J connectivity index is 1.24. The van der Waals surface area contributed by atoms with Gasteiger partial charge in [-0.2, -0.15) is 5.26 Å². The molecule has 0 aliphatic heterocycles. The fourth-order valence-electron chi connectivity index (χ4n) is 3.84. The van der Waals surface area contributed by atoms with Crippen molar-refractivity contribution in [3.8, 4) is 6.07 Å². The molecule has 7 heteroatoms. The third-order valence-corrected chi connectivity index (χ3v) is 7.59. The number of rotatable bonds is 10. The van der Waals surface area contributed by atoms with E-state index in [1.165, 1.54) is 0 Å². The molecular formula is C27H27N3O3S. The van der Waals surface area contributed by atoms with E-state index < -0.39 is 10.0 Å². The van der Waals surface area contributed by atoms with Crippen LogP contribution in [0.15, 0.2) is 83.8 Å². The maximum absolute atomic E-state index is 12.5. The average molecular weight is 474 g/mol. The first-order valence-corrected chi connectivity index (χ1v) is 12.8. The highest BCUT2D eigenvalue weighted by molar-refractivity contribution is 7.89. The lowest BCUT2D eigenvalue weighted by Crippen LogP contribution is -2.26. The Morgan fingerprint density at radius 3 is 2.15 bits per heavy atom. The van der Waals surface area contributed by atoms with Crippen molar-refractivity contribution in [2.75, 3.05) is 11.9 Å². The highest BCUT2D eigenvalue weighted by Gasteiger charge is 2.44. The molecule has 0 aromatic heterocycles. The Kier molecular flexibility index (Phi) is 7.11. The molecule has 2 N–H and O–H groups in total. The molecule has 0 bridgehead atoms. The zero-order valence-corrected chi connectivity index (χ0v) is 19.6. The van der Waals surface area contributed by atoms with Gasteiger partial charge in [-0.1, -0.05) is 54.6 Å². The van der Waals surface area contributed by atoms with Gasteiger partial charge < -0.3 is 5.32 Å². The lowest BCUT2D eigenvalue weighted by Gasteiger charge is -2.10. The van der Waals surface area contributed by atoms with Crippen LogP contribution < -0.4 is 10.0 Å². The van der Waals surface area contributed by atoms with Crippen molar-refractivity contribution in [2.45, 2.75) is 42.4 Å². The quantitative estimate of drug-likeness (QED) is 0.458. The van der Waals surface area contributed by atoms with E-state index in [0.29, 0.717) is 25.1 Å². The average Bonchev–Trinajstić information content (AvgIpc) is 3.65. The minimum Gasteiger partial charge on any atom is -0.326 e. The molecule has 1 aliphatic rings. The largest absolute Gasteiger partial charge is 0.326 e. The molecule has 3 aromatic rings. The Morgan fingerprint density at radius 1 is 0.882 bits per heavy atom. The summed E-state index contributed by atoms with van der Waals surface area (Å²) in [5, 5.41) is 12.2. The Labute approximate surface area is 200 Å².